The van der Waals surface area contributed by atoms with Gasteiger partial charge < -0.3 is 14.6 Å². The van der Waals surface area contributed by atoms with E-state index in [-0.39, 0.29) is 22.9 Å². The second kappa shape index (κ2) is 12.4. The Morgan fingerprint density at radius 2 is 1.97 bits per heavy atom. The zero-order valence-electron chi connectivity index (χ0n) is 20.4. The molecule has 4 rings (SSSR count). The number of hydrogen-bond donors (Lipinski definition) is 1. The molecule has 1 fully saturated rings. The van der Waals surface area contributed by atoms with E-state index in [1.54, 1.807) is 31.2 Å². The fourth-order valence-corrected chi connectivity index (χ4v) is 5.28. The summed E-state index contributed by atoms with van der Waals surface area (Å²) in [5.41, 5.74) is -1.37. The van der Waals surface area contributed by atoms with E-state index in [1.807, 2.05) is 6.07 Å². The Hall–Kier alpha value is -3.43. The van der Waals surface area contributed by atoms with Gasteiger partial charge in [0.25, 0.3) is 0 Å². The number of rotatable bonds is 9. The minimum absolute atomic E-state index is 0.131. The van der Waals surface area contributed by atoms with Crippen LogP contribution in [0.5, 0.6) is 0 Å². The summed E-state index contributed by atoms with van der Waals surface area (Å²) in [4.78, 5) is 3.87. The summed E-state index contributed by atoms with van der Waals surface area (Å²) >= 11 is 1.34. The van der Waals surface area contributed by atoms with Gasteiger partial charge in [-0.25, -0.2) is 22.8 Å². The number of aromatic nitrogens is 3. The molecule has 2 aromatic carbocycles. The predicted molar refractivity (Wildman–Crippen MR) is 136 cm³/mol. The molecule has 38 heavy (non-hydrogen) atoms. The first-order chi connectivity index (χ1) is 18.3. The van der Waals surface area contributed by atoms with Gasteiger partial charge in [-0.2, -0.15) is 10.4 Å². The smallest absolute Gasteiger partial charge is 0.177 e. The quantitative estimate of drug-likeness (QED) is 0.396. The topological polar surface area (TPSA) is 93.2 Å². The Labute approximate surface area is 222 Å². The number of thioether (sulfide) groups is 1. The third-order valence-electron chi connectivity index (χ3n) is 6.01. The van der Waals surface area contributed by atoms with Crippen LogP contribution in [0.1, 0.15) is 23.6 Å². The zero-order chi connectivity index (χ0) is 27.1. The van der Waals surface area contributed by atoms with Crippen molar-refractivity contribution in [2.45, 2.75) is 35.9 Å². The second-order valence-corrected chi connectivity index (χ2v) is 10.3. The Bertz CT molecular complexity index is 1340. The van der Waals surface area contributed by atoms with Crippen molar-refractivity contribution >= 4 is 17.8 Å². The van der Waals surface area contributed by atoms with Crippen LogP contribution in [0.4, 0.5) is 13.2 Å². The van der Waals surface area contributed by atoms with E-state index < -0.39 is 34.6 Å². The Balaban J connectivity index is 1.36. The first-order valence-corrected chi connectivity index (χ1v) is 12.7. The maximum atomic E-state index is 14.7. The molecule has 0 radical (unpaired) electrons. The lowest BCUT2D eigenvalue weighted by Gasteiger charge is -2.37. The fourth-order valence-electron chi connectivity index (χ4n) is 3.96. The minimum atomic E-state index is -1.80. The number of nitriles is 1. The Kier molecular flexibility index (Phi) is 9.01. The van der Waals surface area contributed by atoms with Crippen LogP contribution in [0.2, 0.25) is 0 Å². The summed E-state index contributed by atoms with van der Waals surface area (Å²) in [6.07, 6.45) is 8.62. The summed E-state index contributed by atoms with van der Waals surface area (Å²) in [7, 11) is 0. The van der Waals surface area contributed by atoms with Crippen LogP contribution in [0.3, 0.4) is 0 Å². The molecule has 0 aliphatic carbocycles. The molecular weight excluding hydrogens is 517 g/mol. The van der Waals surface area contributed by atoms with Gasteiger partial charge in [0.05, 0.1) is 36.6 Å². The van der Waals surface area contributed by atoms with Gasteiger partial charge in [-0.3, -0.25) is 0 Å². The van der Waals surface area contributed by atoms with Crippen LogP contribution in [0.25, 0.3) is 6.08 Å². The van der Waals surface area contributed by atoms with E-state index in [0.29, 0.717) is 18.8 Å². The standard InChI is InChI=1S/C27H25F3N4O3S/c1-18(27(35,15-34-17-32-16-33-34)23-11-21(28)8-9-24(23)29)38-22-13-36-26(37-14-22)5-3-2-4-20-7-6-19(12-31)10-25(20)30/h2-11,16-18,22,26,35H,13-15H2,1H3/b4-2+,5-3+/t18-,22?,26?,27-/m1/s1. The normalized spacial score (nSPS) is 20.4. The maximum absolute atomic E-state index is 14.7. The molecule has 0 saturated carbocycles. The molecular formula is C27H25F3N4O3S. The molecule has 0 unspecified atom stereocenters. The average molecular weight is 543 g/mol. The summed E-state index contributed by atoms with van der Waals surface area (Å²) in [6, 6.07) is 9.10. The van der Waals surface area contributed by atoms with E-state index in [2.05, 4.69) is 10.1 Å². The summed E-state index contributed by atoms with van der Waals surface area (Å²) in [5, 5.41) is 23.7. The highest BCUT2D eigenvalue weighted by molar-refractivity contribution is 8.00. The second-order valence-electron chi connectivity index (χ2n) is 8.67. The molecule has 2 atom stereocenters. The molecule has 0 bridgehead atoms. The van der Waals surface area contributed by atoms with Gasteiger partial charge in [0.15, 0.2) is 6.29 Å². The molecule has 0 amide bonds. The van der Waals surface area contributed by atoms with E-state index in [9.17, 15) is 18.3 Å². The Morgan fingerprint density at radius 1 is 1.18 bits per heavy atom. The highest BCUT2D eigenvalue weighted by Crippen LogP contribution is 2.38. The van der Waals surface area contributed by atoms with Gasteiger partial charge >= 0.3 is 0 Å². The lowest BCUT2D eigenvalue weighted by atomic mass is 9.90. The summed E-state index contributed by atoms with van der Waals surface area (Å²) in [6.45, 7) is 2.19. The number of benzene rings is 2. The zero-order valence-corrected chi connectivity index (χ0v) is 21.2. The average Bonchev–Trinajstić information content (AvgIpc) is 3.42. The lowest BCUT2D eigenvalue weighted by molar-refractivity contribution is -0.146. The fraction of sp³-hybridized carbons (Fsp3) is 0.296. The molecule has 198 valence electrons. The number of ether oxygens (including phenoxy) is 2. The monoisotopic (exact) mass is 542 g/mol. The molecule has 2 heterocycles. The van der Waals surface area contributed by atoms with Gasteiger partial charge in [0.2, 0.25) is 0 Å². The third-order valence-corrected chi connectivity index (χ3v) is 7.47. The highest BCUT2D eigenvalue weighted by Gasteiger charge is 2.41. The molecule has 1 aromatic heterocycles. The van der Waals surface area contributed by atoms with Gasteiger partial charge in [0.1, 0.15) is 35.7 Å². The van der Waals surface area contributed by atoms with Crippen molar-refractivity contribution in [1.29, 1.82) is 5.26 Å². The Morgan fingerprint density at radius 3 is 2.66 bits per heavy atom. The van der Waals surface area contributed by atoms with Crippen LogP contribution in [-0.2, 0) is 21.6 Å². The molecule has 1 aliphatic rings. The third kappa shape index (κ3) is 6.71. The first kappa shape index (κ1) is 27.6. The van der Waals surface area contributed by atoms with E-state index in [0.717, 1.165) is 18.2 Å². The van der Waals surface area contributed by atoms with Crippen molar-refractivity contribution in [3.8, 4) is 6.07 Å². The number of aliphatic hydroxyl groups is 1. The highest BCUT2D eigenvalue weighted by atomic mass is 32.2. The SMILES string of the molecule is C[C@@H](SC1COC(/C=C/C=C/c2ccc(C#N)cc2F)OC1)[C@](O)(Cn1cncn1)c1cc(F)ccc1F. The first-order valence-electron chi connectivity index (χ1n) is 11.7. The van der Waals surface area contributed by atoms with Gasteiger partial charge in [-0.05, 0) is 36.4 Å². The van der Waals surface area contributed by atoms with Crippen molar-refractivity contribution in [1.82, 2.24) is 14.8 Å². The minimum Gasteiger partial charge on any atom is -0.382 e. The number of nitrogens with zero attached hydrogens (tertiary/aromatic N) is 4. The van der Waals surface area contributed by atoms with Crippen LogP contribution >= 0.6 is 11.8 Å². The van der Waals surface area contributed by atoms with Crippen molar-refractivity contribution < 1.29 is 27.8 Å². The molecule has 11 heteroatoms. The van der Waals surface area contributed by atoms with Crippen molar-refractivity contribution in [3.05, 3.63) is 101 Å². The largest absolute Gasteiger partial charge is 0.382 e. The molecule has 1 saturated heterocycles. The molecule has 0 spiro atoms. The van der Waals surface area contributed by atoms with Gasteiger partial charge in [-0.15, -0.1) is 11.8 Å². The molecule has 1 N–H and O–H groups in total. The molecule has 3 aromatic rings. The van der Waals surface area contributed by atoms with Crippen LogP contribution < -0.4 is 0 Å². The van der Waals surface area contributed by atoms with Gasteiger partial charge in [-0.1, -0.05) is 31.2 Å². The van der Waals surface area contributed by atoms with E-state index in [4.69, 9.17) is 14.7 Å². The van der Waals surface area contributed by atoms with Crippen LogP contribution in [-0.4, -0.2) is 49.9 Å². The van der Waals surface area contributed by atoms with Crippen molar-refractivity contribution in [3.63, 3.8) is 0 Å². The van der Waals surface area contributed by atoms with E-state index in [1.165, 1.54) is 47.3 Å². The van der Waals surface area contributed by atoms with Crippen LogP contribution in [0, 0.1) is 28.8 Å². The maximum Gasteiger partial charge on any atom is 0.177 e. The number of allylic oxidation sites excluding steroid dienone is 2. The number of hydrogen-bond acceptors (Lipinski definition) is 7. The van der Waals surface area contributed by atoms with Crippen molar-refractivity contribution in [2.24, 2.45) is 0 Å². The predicted octanol–water partition coefficient (Wildman–Crippen LogP) is 4.59. The summed E-state index contributed by atoms with van der Waals surface area (Å²) in [5.74, 6) is -1.88. The lowest BCUT2D eigenvalue weighted by Crippen LogP contribution is -2.43. The summed E-state index contributed by atoms with van der Waals surface area (Å²) < 4.78 is 55.5. The molecule has 1 aliphatic heterocycles. The molecule has 7 nitrogen and oxygen atoms in total. The van der Waals surface area contributed by atoms with Crippen molar-refractivity contribution in [2.75, 3.05) is 13.2 Å². The van der Waals surface area contributed by atoms with Crippen LogP contribution in [0.15, 0.2) is 67.3 Å². The van der Waals surface area contributed by atoms with E-state index >= 15 is 0 Å². The van der Waals surface area contributed by atoms with Gasteiger partial charge in [0, 0.05) is 16.4 Å². The number of halogens is 3.